The van der Waals surface area contributed by atoms with Crippen molar-refractivity contribution in [2.24, 2.45) is 0 Å². The van der Waals surface area contributed by atoms with Gasteiger partial charge in [-0.15, -0.1) is 0 Å². The van der Waals surface area contributed by atoms with E-state index in [1.165, 1.54) is 11.3 Å². The third kappa shape index (κ3) is 3.99. The Morgan fingerprint density at radius 1 is 1.59 bits per heavy atom. The van der Waals surface area contributed by atoms with Crippen molar-refractivity contribution < 1.29 is 19.1 Å². The fourth-order valence-electron chi connectivity index (χ4n) is 1.30. The molecule has 1 amide bonds. The van der Waals surface area contributed by atoms with E-state index in [2.05, 4.69) is 5.32 Å². The van der Waals surface area contributed by atoms with Crippen LogP contribution in [0.4, 0.5) is 0 Å². The molecule has 5 nitrogen and oxygen atoms in total. The van der Waals surface area contributed by atoms with Crippen molar-refractivity contribution in [2.75, 3.05) is 6.61 Å². The zero-order chi connectivity index (χ0) is 12.7. The van der Waals surface area contributed by atoms with Gasteiger partial charge < -0.3 is 10.1 Å². The van der Waals surface area contributed by atoms with Gasteiger partial charge in [-0.1, -0.05) is 0 Å². The van der Waals surface area contributed by atoms with Crippen molar-refractivity contribution in [3.8, 4) is 0 Å². The second-order valence-electron chi connectivity index (χ2n) is 3.22. The van der Waals surface area contributed by atoms with Crippen molar-refractivity contribution in [1.82, 2.24) is 5.32 Å². The van der Waals surface area contributed by atoms with Crippen molar-refractivity contribution in [2.45, 2.75) is 19.4 Å². The largest absolute Gasteiger partial charge is 0.466 e. The number of esters is 1. The summed E-state index contributed by atoms with van der Waals surface area (Å²) in [6.45, 7) is 1.93. The average molecular weight is 255 g/mol. The van der Waals surface area contributed by atoms with E-state index in [9.17, 15) is 14.4 Å². The first-order valence-electron chi connectivity index (χ1n) is 5.10. The molecule has 0 aliphatic rings. The first-order chi connectivity index (χ1) is 8.19. The van der Waals surface area contributed by atoms with Gasteiger partial charge in [-0.2, -0.15) is 11.3 Å². The number of rotatable bonds is 7. The predicted molar refractivity (Wildman–Crippen MR) is 62.9 cm³/mol. The number of hydrogen-bond donors (Lipinski definition) is 1. The van der Waals surface area contributed by atoms with Crippen LogP contribution in [0.15, 0.2) is 16.8 Å². The average Bonchev–Trinajstić information content (AvgIpc) is 2.81. The lowest BCUT2D eigenvalue weighted by molar-refractivity contribution is -0.143. The van der Waals surface area contributed by atoms with Gasteiger partial charge >= 0.3 is 5.97 Å². The van der Waals surface area contributed by atoms with Gasteiger partial charge in [-0.3, -0.25) is 14.4 Å². The van der Waals surface area contributed by atoms with Gasteiger partial charge in [0.05, 0.1) is 13.0 Å². The normalized spacial score (nSPS) is 11.6. The molecule has 92 valence electrons. The van der Waals surface area contributed by atoms with Crippen molar-refractivity contribution >= 4 is 29.5 Å². The summed E-state index contributed by atoms with van der Waals surface area (Å²) in [4.78, 5) is 33.6. The minimum atomic E-state index is -0.860. The Kier molecular flexibility index (Phi) is 5.35. The van der Waals surface area contributed by atoms with Crippen molar-refractivity contribution in [3.05, 3.63) is 22.4 Å². The van der Waals surface area contributed by atoms with E-state index in [0.717, 1.165) is 0 Å². The third-order valence-corrected chi connectivity index (χ3v) is 2.75. The van der Waals surface area contributed by atoms with Crippen LogP contribution in [-0.2, 0) is 14.3 Å². The predicted octanol–water partition coefficient (Wildman–Crippen LogP) is 0.999. The highest BCUT2D eigenvalue weighted by molar-refractivity contribution is 7.08. The number of ether oxygens (including phenoxy) is 1. The van der Waals surface area contributed by atoms with Crippen LogP contribution in [-0.4, -0.2) is 30.8 Å². The van der Waals surface area contributed by atoms with Crippen LogP contribution in [0, 0.1) is 0 Å². The van der Waals surface area contributed by atoms with Gasteiger partial charge in [0, 0.05) is 10.9 Å². The molecule has 0 fully saturated rings. The molecule has 1 aromatic heterocycles. The summed E-state index contributed by atoms with van der Waals surface area (Å²) in [5, 5.41) is 5.77. The van der Waals surface area contributed by atoms with Crippen LogP contribution < -0.4 is 5.32 Å². The number of carbonyl (C=O) groups is 3. The van der Waals surface area contributed by atoms with E-state index in [1.54, 1.807) is 23.8 Å². The third-order valence-electron chi connectivity index (χ3n) is 2.07. The summed E-state index contributed by atoms with van der Waals surface area (Å²) in [7, 11) is 0. The molecule has 1 N–H and O–H groups in total. The number of amides is 1. The lowest BCUT2D eigenvalue weighted by Gasteiger charge is -2.13. The molecule has 1 rings (SSSR count). The maximum atomic E-state index is 11.9. The number of thiophene rings is 1. The molecule has 0 saturated carbocycles. The van der Waals surface area contributed by atoms with E-state index >= 15 is 0 Å². The van der Waals surface area contributed by atoms with E-state index in [1.807, 2.05) is 0 Å². The molecule has 1 unspecified atom stereocenters. The Bertz CT molecular complexity index is 388. The Labute approximate surface area is 103 Å². The molecule has 0 aromatic carbocycles. The van der Waals surface area contributed by atoms with Crippen molar-refractivity contribution in [1.29, 1.82) is 0 Å². The molecule has 1 atom stereocenters. The molecule has 17 heavy (non-hydrogen) atoms. The maximum Gasteiger partial charge on any atom is 0.308 e. The fourth-order valence-corrected chi connectivity index (χ4v) is 1.95. The molecule has 0 saturated heterocycles. The van der Waals surface area contributed by atoms with Gasteiger partial charge in [0.25, 0.3) is 0 Å². The monoisotopic (exact) mass is 255 g/mol. The summed E-state index contributed by atoms with van der Waals surface area (Å²) in [6, 6.07) is 0.790. The van der Waals surface area contributed by atoms with E-state index < -0.39 is 12.0 Å². The van der Waals surface area contributed by atoms with Crippen LogP contribution in [0.3, 0.4) is 0 Å². The highest BCUT2D eigenvalue weighted by atomic mass is 32.1. The standard InChI is InChI=1S/C11H13NO4S/c1-2-16-10(14)5-9(12-7-13)11(15)8-3-4-17-6-8/h3-4,6-7,9H,2,5H2,1H3,(H,12,13). The first-order valence-corrected chi connectivity index (χ1v) is 6.05. The molecule has 1 heterocycles. The Balaban J connectivity index is 2.68. The van der Waals surface area contributed by atoms with Crippen LogP contribution in [0.5, 0.6) is 0 Å². The molecular weight excluding hydrogens is 242 g/mol. The second-order valence-corrected chi connectivity index (χ2v) is 4.00. The van der Waals surface area contributed by atoms with Gasteiger partial charge in [0.2, 0.25) is 6.41 Å². The quantitative estimate of drug-likeness (QED) is 0.448. The Morgan fingerprint density at radius 3 is 2.88 bits per heavy atom. The highest BCUT2D eigenvalue weighted by Crippen LogP contribution is 2.11. The molecular formula is C11H13NO4S. The van der Waals surface area contributed by atoms with E-state index in [-0.39, 0.29) is 18.8 Å². The number of Topliss-reactive ketones (excluding diaryl/α,β-unsaturated/α-hetero) is 1. The molecule has 0 radical (unpaired) electrons. The zero-order valence-corrected chi connectivity index (χ0v) is 10.2. The summed E-state index contributed by atoms with van der Waals surface area (Å²) >= 11 is 1.38. The number of nitrogens with one attached hydrogen (secondary N) is 1. The lowest BCUT2D eigenvalue weighted by atomic mass is 10.0. The van der Waals surface area contributed by atoms with Gasteiger partial charge in [0.15, 0.2) is 5.78 Å². The van der Waals surface area contributed by atoms with Gasteiger partial charge in [0.1, 0.15) is 6.04 Å². The molecule has 6 heteroatoms. The second kappa shape index (κ2) is 6.80. The van der Waals surface area contributed by atoms with Gasteiger partial charge in [-0.05, 0) is 18.4 Å². The van der Waals surface area contributed by atoms with E-state index in [4.69, 9.17) is 4.74 Å². The number of carbonyl (C=O) groups excluding carboxylic acids is 3. The summed E-state index contributed by atoms with van der Waals surface area (Å²) in [5.74, 6) is -0.790. The molecule has 0 spiro atoms. The van der Waals surface area contributed by atoms with Crippen LogP contribution in [0.25, 0.3) is 0 Å². The first kappa shape index (κ1) is 13.4. The number of hydrogen-bond acceptors (Lipinski definition) is 5. The van der Waals surface area contributed by atoms with Gasteiger partial charge in [-0.25, -0.2) is 0 Å². The topological polar surface area (TPSA) is 72.5 Å². The molecule has 0 aliphatic heterocycles. The SMILES string of the molecule is CCOC(=O)CC(NC=O)C(=O)c1ccsc1. The summed E-state index contributed by atoms with van der Waals surface area (Å²) < 4.78 is 4.74. The van der Waals surface area contributed by atoms with Crippen molar-refractivity contribution in [3.63, 3.8) is 0 Å². The Morgan fingerprint density at radius 2 is 2.35 bits per heavy atom. The van der Waals surface area contributed by atoms with E-state index in [0.29, 0.717) is 12.0 Å². The minimum Gasteiger partial charge on any atom is -0.466 e. The van der Waals surface area contributed by atoms with Crippen LogP contribution in [0.1, 0.15) is 23.7 Å². The Hall–Kier alpha value is -1.69. The van der Waals surface area contributed by atoms with Crippen LogP contribution in [0.2, 0.25) is 0 Å². The summed E-state index contributed by atoms with van der Waals surface area (Å²) in [6.07, 6.45) is 0.259. The summed E-state index contributed by atoms with van der Waals surface area (Å²) in [5.41, 5.74) is 0.485. The highest BCUT2D eigenvalue weighted by Gasteiger charge is 2.23. The van der Waals surface area contributed by atoms with Crippen LogP contribution >= 0.6 is 11.3 Å². The lowest BCUT2D eigenvalue weighted by Crippen LogP contribution is -2.38. The maximum absolute atomic E-state index is 11.9. The molecule has 0 aliphatic carbocycles. The smallest absolute Gasteiger partial charge is 0.308 e. The molecule has 0 bridgehead atoms. The molecule has 1 aromatic rings. The fraction of sp³-hybridized carbons (Fsp3) is 0.364. The minimum absolute atomic E-state index is 0.152. The number of ketones is 1. The zero-order valence-electron chi connectivity index (χ0n) is 9.34.